The van der Waals surface area contributed by atoms with Crippen LogP contribution in [0.15, 0.2) is 23.4 Å². The summed E-state index contributed by atoms with van der Waals surface area (Å²) in [6.07, 6.45) is 5.14. The number of aliphatic hydroxyl groups excluding tert-OH is 1. The molecule has 98 valence electrons. The molecule has 1 amide bonds. The monoisotopic (exact) mass is 266 g/mol. The van der Waals surface area contributed by atoms with Gasteiger partial charge in [0.05, 0.1) is 12.4 Å². The Morgan fingerprint density at radius 1 is 1.39 bits per heavy atom. The fourth-order valence-corrected chi connectivity index (χ4v) is 2.94. The van der Waals surface area contributed by atoms with Crippen molar-refractivity contribution in [2.75, 3.05) is 18.8 Å². The molecule has 0 unspecified atom stereocenters. The zero-order valence-corrected chi connectivity index (χ0v) is 11.2. The van der Waals surface area contributed by atoms with E-state index in [0.29, 0.717) is 5.75 Å². The lowest BCUT2D eigenvalue weighted by Crippen LogP contribution is -2.36. The van der Waals surface area contributed by atoms with Crippen LogP contribution in [-0.2, 0) is 11.4 Å². The smallest absolute Gasteiger partial charge is 0.232 e. The lowest BCUT2D eigenvalue weighted by atomic mass is 10.1. The van der Waals surface area contributed by atoms with E-state index in [9.17, 15) is 9.90 Å². The summed E-state index contributed by atoms with van der Waals surface area (Å²) in [5.41, 5.74) is 0.786. The third-order valence-electron chi connectivity index (χ3n) is 3.06. The van der Waals surface area contributed by atoms with Gasteiger partial charge in [-0.2, -0.15) is 0 Å². The second-order valence-corrected chi connectivity index (χ2v) is 5.32. The van der Waals surface area contributed by atoms with Gasteiger partial charge in [0.15, 0.2) is 0 Å². The predicted octanol–water partition coefficient (Wildman–Crippen LogP) is 1.68. The maximum Gasteiger partial charge on any atom is 0.232 e. The topological polar surface area (TPSA) is 53.4 Å². The Morgan fingerprint density at radius 3 is 2.89 bits per heavy atom. The number of piperidine rings is 1. The molecule has 0 saturated carbocycles. The number of rotatable bonds is 4. The molecule has 1 aliphatic heterocycles. The Labute approximate surface area is 111 Å². The maximum absolute atomic E-state index is 12.0. The summed E-state index contributed by atoms with van der Waals surface area (Å²) in [5, 5.41) is 9.94. The van der Waals surface area contributed by atoms with Gasteiger partial charge in [-0.3, -0.25) is 4.79 Å². The number of amides is 1. The van der Waals surface area contributed by atoms with Crippen molar-refractivity contribution in [1.82, 2.24) is 9.88 Å². The van der Waals surface area contributed by atoms with Gasteiger partial charge in [0.25, 0.3) is 0 Å². The first-order chi connectivity index (χ1) is 8.81. The Bertz CT molecular complexity index is 406. The van der Waals surface area contributed by atoms with Gasteiger partial charge in [0, 0.05) is 24.8 Å². The summed E-state index contributed by atoms with van der Waals surface area (Å²) >= 11 is 1.41. The summed E-state index contributed by atoms with van der Waals surface area (Å²) in [7, 11) is 0. The summed E-state index contributed by atoms with van der Waals surface area (Å²) in [5.74, 6) is 0.582. The Kier molecular flexibility index (Phi) is 5.01. The van der Waals surface area contributed by atoms with E-state index in [0.717, 1.165) is 36.5 Å². The van der Waals surface area contributed by atoms with Gasteiger partial charge in [-0.1, -0.05) is 17.8 Å². The number of likely N-dealkylation sites (tertiary alicyclic amines) is 1. The highest BCUT2D eigenvalue weighted by Gasteiger charge is 2.17. The minimum atomic E-state index is -0.0337. The van der Waals surface area contributed by atoms with Crippen LogP contribution in [0.3, 0.4) is 0 Å². The molecule has 0 spiro atoms. The third kappa shape index (κ3) is 3.46. The zero-order valence-electron chi connectivity index (χ0n) is 10.3. The molecule has 2 rings (SSSR count). The first-order valence-electron chi connectivity index (χ1n) is 6.26. The summed E-state index contributed by atoms with van der Waals surface area (Å²) < 4.78 is 0. The van der Waals surface area contributed by atoms with Crippen molar-refractivity contribution in [3.63, 3.8) is 0 Å². The van der Waals surface area contributed by atoms with E-state index >= 15 is 0 Å². The number of carbonyl (C=O) groups is 1. The van der Waals surface area contributed by atoms with E-state index in [-0.39, 0.29) is 12.5 Å². The Hall–Kier alpha value is -1.07. The largest absolute Gasteiger partial charge is 0.392 e. The van der Waals surface area contributed by atoms with Crippen molar-refractivity contribution in [1.29, 1.82) is 0 Å². The van der Waals surface area contributed by atoms with E-state index in [1.807, 2.05) is 11.0 Å². The van der Waals surface area contributed by atoms with E-state index in [2.05, 4.69) is 4.98 Å². The molecular weight excluding hydrogens is 248 g/mol. The SMILES string of the molecule is O=C(CSc1ncccc1CO)N1CCCCC1. The van der Waals surface area contributed by atoms with Gasteiger partial charge in [-0.25, -0.2) is 4.98 Å². The molecule has 0 bridgehead atoms. The van der Waals surface area contributed by atoms with E-state index in [4.69, 9.17) is 0 Å². The molecule has 1 aromatic heterocycles. The first kappa shape index (κ1) is 13.4. The Balaban J connectivity index is 1.88. The molecule has 1 fully saturated rings. The normalized spacial score (nSPS) is 15.7. The van der Waals surface area contributed by atoms with Gasteiger partial charge in [-0.05, 0) is 25.3 Å². The van der Waals surface area contributed by atoms with Gasteiger partial charge in [0.1, 0.15) is 5.03 Å². The van der Waals surface area contributed by atoms with Gasteiger partial charge < -0.3 is 10.0 Å². The average Bonchev–Trinajstić information content (AvgIpc) is 2.46. The van der Waals surface area contributed by atoms with Crippen LogP contribution in [0.1, 0.15) is 24.8 Å². The predicted molar refractivity (Wildman–Crippen MR) is 71.3 cm³/mol. The van der Waals surface area contributed by atoms with Gasteiger partial charge >= 0.3 is 0 Å². The quantitative estimate of drug-likeness (QED) is 0.842. The number of nitrogens with zero attached hydrogens (tertiary/aromatic N) is 2. The van der Waals surface area contributed by atoms with Gasteiger partial charge in [-0.15, -0.1) is 0 Å². The standard InChI is InChI=1S/C13H18N2O2S/c16-9-11-5-4-6-14-13(11)18-10-12(17)15-7-2-1-3-8-15/h4-6,16H,1-3,7-10H2. The van der Waals surface area contributed by atoms with Crippen molar-refractivity contribution in [3.8, 4) is 0 Å². The van der Waals surface area contributed by atoms with Crippen LogP contribution in [0.5, 0.6) is 0 Å². The number of hydrogen-bond acceptors (Lipinski definition) is 4. The van der Waals surface area contributed by atoms with Crippen molar-refractivity contribution >= 4 is 17.7 Å². The number of hydrogen-bond donors (Lipinski definition) is 1. The van der Waals surface area contributed by atoms with Crippen LogP contribution < -0.4 is 0 Å². The Morgan fingerprint density at radius 2 is 2.17 bits per heavy atom. The van der Waals surface area contributed by atoms with Crippen molar-refractivity contribution < 1.29 is 9.90 Å². The lowest BCUT2D eigenvalue weighted by Gasteiger charge is -2.26. The number of carbonyl (C=O) groups excluding carboxylic acids is 1. The number of aliphatic hydroxyl groups is 1. The molecule has 5 heteroatoms. The van der Waals surface area contributed by atoms with Crippen LogP contribution in [0.2, 0.25) is 0 Å². The third-order valence-corrected chi connectivity index (χ3v) is 4.09. The fourth-order valence-electron chi connectivity index (χ4n) is 2.04. The maximum atomic E-state index is 12.0. The molecule has 18 heavy (non-hydrogen) atoms. The molecule has 2 heterocycles. The minimum Gasteiger partial charge on any atom is -0.392 e. The van der Waals surface area contributed by atoms with Crippen LogP contribution in [0, 0.1) is 0 Å². The summed E-state index contributed by atoms with van der Waals surface area (Å²) in [6.45, 7) is 1.73. The molecule has 1 aromatic rings. The zero-order chi connectivity index (χ0) is 12.8. The van der Waals surface area contributed by atoms with E-state index in [1.165, 1.54) is 18.2 Å². The summed E-state index contributed by atoms with van der Waals surface area (Å²) in [4.78, 5) is 18.1. The molecule has 1 saturated heterocycles. The fraction of sp³-hybridized carbons (Fsp3) is 0.538. The lowest BCUT2D eigenvalue weighted by molar-refractivity contribution is -0.129. The van der Waals surface area contributed by atoms with Crippen molar-refractivity contribution in [2.45, 2.75) is 30.9 Å². The highest BCUT2D eigenvalue weighted by atomic mass is 32.2. The van der Waals surface area contributed by atoms with E-state index < -0.39 is 0 Å². The number of aromatic nitrogens is 1. The molecule has 0 radical (unpaired) electrons. The van der Waals surface area contributed by atoms with E-state index in [1.54, 1.807) is 12.3 Å². The second-order valence-electron chi connectivity index (χ2n) is 4.36. The number of pyridine rings is 1. The van der Waals surface area contributed by atoms with Crippen LogP contribution >= 0.6 is 11.8 Å². The molecule has 1 aliphatic rings. The summed E-state index contributed by atoms with van der Waals surface area (Å²) in [6, 6.07) is 3.63. The van der Waals surface area contributed by atoms with Crippen molar-refractivity contribution in [3.05, 3.63) is 23.9 Å². The molecular formula is C13H18N2O2S. The van der Waals surface area contributed by atoms with Crippen molar-refractivity contribution in [2.24, 2.45) is 0 Å². The highest BCUT2D eigenvalue weighted by molar-refractivity contribution is 7.99. The van der Waals surface area contributed by atoms with Crippen LogP contribution in [0.4, 0.5) is 0 Å². The first-order valence-corrected chi connectivity index (χ1v) is 7.25. The molecule has 0 aliphatic carbocycles. The second kappa shape index (κ2) is 6.75. The number of thioether (sulfide) groups is 1. The molecule has 1 N–H and O–H groups in total. The van der Waals surface area contributed by atoms with Gasteiger partial charge in [0.2, 0.25) is 5.91 Å². The molecule has 0 aromatic carbocycles. The highest BCUT2D eigenvalue weighted by Crippen LogP contribution is 2.21. The minimum absolute atomic E-state index is 0.0337. The molecule has 0 atom stereocenters. The molecule has 4 nitrogen and oxygen atoms in total. The van der Waals surface area contributed by atoms with Crippen LogP contribution in [0.25, 0.3) is 0 Å². The van der Waals surface area contributed by atoms with Crippen LogP contribution in [-0.4, -0.2) is 39.7 Å². The average molecular weight is 266 g/mol.